The molecule has 8 nitrogen and oxygen atoms in total. The molecule has 3 aromatic rings. The van der Waals surface area contributed by atoms with Crippen LogP contribution in [0.25, 0.3) is 17.0 Å². The van der Waals surface area contributed by atoms with Crippen LogP contribution in [0.1, 0.15) is 16.1 Å². The van der Waals surface area contributed by atoms with E-state index in [2.05, 4.69) is 15.6 Å². The highest BCUT2D eigenvalue weighted by Gasteiger charge is 2.25. The lowest BCUT2D eigenvalue weighted by atomic mass is 10.2. The molecule has 0 radical (unpaired) electrons. The van der Waals surface area contributed by atoms with Crippen LogP contribution in [0.15, 0.2) is 52.0 Å². The van der Waals surface area contributed by atoms with E-state index < -0.39 is 17.1 Å². The Balaban J connectivity index is 1.65. The number of rotatable bonds is 4. The number of aromatic nitrogens is 1. The van der Waals surface area contributed by atoms with Crippen LogP contribution in [-0.4, -0.2) is 27.2 Å². The highest BCUT2D eigenvalue weighted by Crippen LogP contribution is 2.31. The van der Waals surface area contributed by atoms with Gasteiger partial charge >= 0.3 is 5.97 Å². The van der Waals surface area contributed by atoms with Crippen molar-refractivity contribution in [1.82, 2.24) is 10.3 Å². The van der Waals surface area contributed by atoms with E-state index in [0.29, 0.717) is 28.1 Å². The average Bonchev–Trinajstić information content (AvgIpc) is 3.18. The van der Waals surface area contributed by atoms with Crippen LogP contribution >= 0.6 is 11.8 Å². The SMILES string of the molecule is O=C1NC(=O)C(=Cc2cc3cncc(Nc4ccc(C(=O)O)cc4)c3o2)S1. The maximum absolute atomic E-state index is 11.7. The first-order chi connectivity index (χ1) is 13.0. The third kappa shape index (κ3) is 3.40. The van der Waals surface area contributed by atoms with Gasteiger partial charge in [0.25, 0.3) is 11.1 Å². The number of fused-ring (bicyclic) bond motifs is 1. The summed E-state index contributed by atoms with van der Waals surface area (Å²) >= 11 is 0.811. The molecule has 0 bridgehead atoms. The molecule has 0 aliphatic carbocycles. The van der Waals surface area contributed by atoms with Gasteiger partial charge in [-0.15, -0.1) is 0 Å². The second-order valence-corrected chi connectivity index (χ2v) is 6.63. The molecular formula is C18H11N3O5S. The number of carbonyl (C=O) groups is 3. The number of amides is 2. The number of anilines is 2. The summed E-state index contributed by atoms with van der Waals surface area (Å²) in [6.45, 7) is 0. The van der Waals surface area contributed by atoms with Gasteiger partial charge in [-0.2, -0.15) is 0 Å². The number of aromatic carboxylic acids is 1. The maximum Gasteiger partial charge on any atom is 0.335 e. The van der Waals surface area contributed by atoms with Crippen LogP contribution in [0.5, 0.6) is 0 Å². The predicted molar refractivity (Wildman–Crippen MR) is 99.8 cm³/mol. The van der Waals surface area contributed by atoms with Crippen LogP contribution in [0.4, 0.5) is 16.2 Å². The molecule has 1 aliphatic heterocycles. The summed E-state index contributed by atoms with van der Waals surface area (Å²) in [6, 6.07) is 7.97. The second-order valence-electron chi connectivity index (χ2n) is 5.61. The molecule has 1 fully saturated rings. The van der Waals surface area contributed by atoms with Crippen molar-refractivity contribution in [3.8, 4) is 0 Å². The zero-order chi connectivity index (χ0) is 19.0. The van der Waals surface area contributed by atoms with Gasteiger partial charge in [0.1, 0.15) is 11.4 Å². The molecule has 3 N–H and O–H groups in total. The Morgan fingerprint density at radius 3 is 2.67 bits per heavy atom. The Hall–Kier alpha value is -3.59. The molecule has 0 spiro atoms. The fourth-order valence-corrected chi connectivity index (χ4v) is 3.21. The third-order valence-corrected chi connectivity index (χ3v) is 4.58. The standard InChI is InChI=1S/C18H11N3O5S/c22-16-14(27-18(25)21-16)6-12-5-10-7-19-8-13(15(10)26-12)20-11-3-1-9(2-4-11)17(23)24/h1-8,20H,(H,23,24)(H,21,22,25). The van der Waals surface area contributed by atoms with Gasteiger partial charge in [-0.3, -0.25) is 19.9 Å². The van der Waals surface area contributed by atoms with E-state index in [0.717, 1.165) is 11.8 Å². The number of benzene rings is 1. The smallest absolute Gasteiger partial charge is 0.335 e. The van der Waals surface area contributed by atoms with Crippen molar-refractivity contribution >= 4 is 57.3 Å². The van der Waals surface area contributed by atoms with Crippen molar-refractivity contribution in [2.75, 3.05) is 5.32 Å². The topological polar surface area (TPSA) is 122 Å². The zero-order valence-electron chi connectivity index (χ0n) is 13.6. The van der Waals surface area contributed by atoms with Gasteiger partial charge in [0.05, 0.1) is 16.7 Å². The lowest BCUT2D eigenvalue weighted by Crippen LogP contribution is -2.17. The average molecular weight is 381 g/mol. The van der Waals surface area contributed by atoms with E-state index >= 15 is 0 Å². The van der Waals surface area contributed by atoms with Gasteiger partial charge in [0, 0.05) is 23.3 Å². The van der Waals surface area contributed by atoms with Crippen molar-refractivity contribution in [3.05, 3.63) is 59.0 Å². The molecule has 3 heterocycles. The number of nitrogens with one attached hydrogen (secondary N) is 2. The second kappa shape index (κ2) is 6.61. The number of furan rings is 1. The highest BCUT2D eigenvalue weighted by atomic mass is 32.2. The normalized spacial score (nSPS) is 15.3. The number of nitrogens with zero attached hydrogens (tertiary/aromatic N) is 1. The quantitative estimate of drug-likeness (QED) is 0.586. The summed E-state index contributed by atoms with van der Waals surface area (Å²) in [4.78, 5) is 38.2. The zero-order valence-corrected chi connectivity index (χ0v) is 14.4. The first kappa shape index (κ1) is 16.9. The van der Waals surface area contributed by atoms with Crippen LogP contribution < -0.4 is 10.6 Å². The van der Waals surface area contributed by atoms with E-state index in [9.17, 15) is 14.4 Å². The molecule has 2 amide bonds. The van der Waals surface area contributed by atoms with E-state index in [1.165, 1.54) is 18.2 Å². The fraction of sp³-hybridized carbons (Fsp3) is 0. The van der Waals surface area contributed by atoms with E-state index in [-0.39, 0.29) is 10.5 Å². The van der Waals surface area contributed by atoms with E-state index in [1.54, 1.807) is 30.6 Å². The highest BCUT2D eigenvalue weighted by molar-refractivity contribution is 8.18. The number of thioether (sulfide) groups is 1. The summed E-state index contributed by atoms with van der Waals surface area (Å²) in [5.74, 6) is -1.04. The molecule has 4 rings (SSSR count). The summed E-state index contributed by atoms with van der Waals surface area (Å²) < 4.78 is 5.80. The minimum Gasteiger partial charge on any atom is -0.478 e. The van der Waals surface area contributed by atoms with Crippen molar-refractivity contribution in [2.24, 2.45) is 0 Å². The van der Waals surface area contributed by atoms with Crippen LogP contribution in [0, 0.1) is 0 Å². The Kier molecular flexibility index (Phi) is 4.13. The maximum atomic E-state index is 11.7. The van der Waals surface area contributed by atoms with E-state index in [4.69, 9.17) is 9.52 Å². The molecule has 1 saturated heterocycles. The molecule has 0 saturated carbocycles. The number of pyridine rings is 1. The molecule has 1 aliphatic rings. The Morgan fingerprint density at radius 1 is 1.22 bits per heavy atom. The third-order valence-electron chi connectivity index (χ3n) is 3.77. The summed E-state index contributed by atoms with van der Waals surface area (Å²) in [6.07, 6.45) is 4.69. The Morgan fingerprint density at radius 2 is 2.00 bits per heavy atom. The van der Waals surface area contributed by atoms with Gasteiger partial charge in [0.2, 0.25) is 0 Å². The number of carboxylic acids is 1. The van der Waals surface area contributed by atoms with Gasteiger partial charge in [0.15, 0.2) is 5.58 Å². The predicted octanol–water partition coefficient (Wildman–Crippen LogP) is 3.59. The number of carboxylic acid groups (broad SMARTS) is 1. The largest absolute Gasteiger partial charge is 0.478 e. The van der Waals surface area contributed by atoms with Crippen LogP contribution in [0.2, 0.25) is 0 Å². The Bertz CT molecular complexity index is 1120. The van der Waals surface area contributed by atoms with Crippen molar-refractivity contribution in [1.29, 1.82) is 0 Å². The molecule has 0 unspecified atom stereocenters. The minimum atomic E-state index is -0.999. The number of hydrogen-bond donors (Lipinski definition) is 3. The molecule has 27 heavy (non-hydrogen) atoms. The first-order valence-corrected chi connectivity index (χ1v) is 8.54. The fourth-order valence-electron chi connectivity index (χ4n) is 2.54. The molecule has 1 aromatic carbocycles. The number of hydrogen-bond acceptors (Lipinski definition) is 7. The summed E-state index contributed by atoms with van der Waals surface area (Å²) in [5, 5.41) is 14.6. The number of carbonyl (C=O) groups excluding carboxylic acids is 2. The van der Waals surface area contributed by atoms with Gasteiger partial charge < -0.3 is 14.8 Å². The lowest BCUT2D eigenvalue weighted by Gasteiger charge is -2.06. The van der Waals surface area contributed by atoms with Crippen molar-refractivity contribution in [2.45, 2.75) is 0 Å². The van der Waals surface area contributed by atoms with Crippen molar-refractivity contribution in [3.63, 3.8) is 0 Å². The first-order valence-electron chi connectivity index (χ1n) is 7.72. The van der Waals surface area contributed by atoms with Gasteiger partial charge in [-0.1, -0.05) is 0 Å². The lowest BCUT2D eigenvalue weighted by molar-refractivity contribution is -0.115. The molecular weight excluding hydrogens is 370 g/mol. The minimum absolute atomic E-state index is 0.186. The monoisotopic (exact) mass is 381 g/mol. The Labute approximate surface area is 156 Å². The van der Waals surface area contributed by atoms with Crippen molar-refractivity contribution < 1.29 is 23.9 Å². The van der Waals surface area contributed by atoms with Gasteiger partial charge in [-0.05, 0) is 42.1 Å². The van der Waals surface area contributed by atoms with Crippen LogP contribution in [-0.2, 0) is 4.79 Å². The van der Waals surface area contributed by atoms with Gasteiger partial charge in [-0.25, -0.2) is 4.79 Å². The molecule has 0 atom stereocenters. The molecule has 134 valence electrons. The number of imide groups is 1. The molecule has 9 heteroatoms. The summed E-state index contributed by atoms with van der Waals surface area (Å²) in [5.41, 5.74) is 1.96. The molecule has 2 aromatic heterocycles. The van der Waals surface area contributed by atoms with E-state index in [1.807, 2.05) is 0 Å². The van der Waals surface area contributed by atoms with Crippen LogP contribution in [0.3, 0.4) is 0 Å². The summed E-state index contributed by atoms with van der Waals surface area (Å²) in [7, 11) is 0.